The standard InChI is InChI=1S/C15H20O/c1-8-6-7-13(16)15-12(5)10(3)9(2)11(4)14(8)15/h8H,6-7H2,1-5H3. The summed E-state index contributed by atoms with van der Waals surface area (Å²) in [5.41, 5.74) is 7.53. The zero-order valence-electron chi connectivity index (χ0n) is 10.9. The summed E-state index contributed by atoms with van der Waals surface area (Å²) >= 11 is 0. The fourth-order valence-corrected chi connectivity index (χ4v) is 2.93. The van der Waals surface area contributed by atoms with Crippen molar-refractivity contribution in [1.82, 2.24) is 0 Å². The normalized spacial score (nSPS) is 19.8. The van der Waals surface area contributed by atoms with Crippen LogP contribution in [0.25, 0.3) is 0 Å². The Morgan fingerprint density at radius 3 is 2.12 bits per heavy atom. The van der Waals surface area contributed by atoms with Gasteiger partial charge in [-0.3, -0.25) is 4.79 Å². The molecule has 0 saturated carbocycles. The maximum Gasteiger partial charge on any atom is 0.163 e. The van der Waals surface area contributed by atoms with Crippen molar-refractivity contribution < 1.29 is 4.79 Å². The van der Waals surface area contributed by atoms with Crippen LogP contribution in [0.5, 0.6) is 0 Å². The Kier molecular flexibility index (Phi) is 2.65. The fourth-order valence-electron chi connectivity index (χ4n) is 2.93. The van der Waals surface area contributed by atoms with Gasteiger partial charge in [-0.15, -0.1) is 0 Å². The predicted octanol–water partition coefficient (Wildman–Crippen LogP) is 4.00. The largest absolute Gasteiger partial charge is 0.294 e. The summed E-state index contributed by atoms with van der Waals surface area (Å²) in [4.78, 5) is 12.1. The molecule has 1 aliphatic rings. The Hall–Kier alpha value is -1.11. The second-order valence-corrected chi connectivity index (χ2v) is 5.15. The molecule has 1 atom stereocenters. The van der Waals surface area contributed by atoms with Crippen LogP contribution in [-0.2, 0) is 0 Å². The van der Waals surface area contributed by atoms with E-state index in [4.69, 9.17) is 0 Å². The van der Waals surface area contributed by atoms with Gasteiger partial charge in [0.15, 0.2) is 5.78 Å². The van der Waals surface area contributed by atoms with Crippen LogP contribution in [-0.4, -0.2) is 5.78 Å². The monoisotopic (exact) mass is 216 g/mol. The average Bonchev–Trinajstić information content (AvgIpc) is 2.26. The maximum atomic E-state index is 12.1. The molecule has 1 aromatic carbocycles. The number of carbonyl (C=O) groups excluding carboxylic acids is 1. The van der Waals surface area contributed by atoms with Gasteiger partial charge in [-0.1, -0.05) is 6.92 Å². The van der Waals surface area contributed by atoms with Gasteiger partial charge in [0.05, 0.1) is 0 Å². The molecular weight excluding hydrogens is 196 g/mol. The minimum atomic E-state index is 0.344. The molecule has 1 aliphatic carbocycles. The van der Waals surface area contributed by atoms with Gasteiger partial charge in [0.25, 0.3) is 0 Å². The van der Waals surface area contributed by atoms with Crippen LogP contribution >= 0.6 is 0 Å². The van der Waals surface area contributed by atoms with Crippen molar-refractivity contribution in [2.45, 2.75) is 53.4 Å². The lowest BCUT2D eigenvalue weighted by Crippen LogP contribution is -2.19. The molecule has 1 unspecified atom stereocenters. The minimum Gasteiger partial charge on any atom is -0.294 e. The van der Waals surface area contributed by atoms with Gasteiger partial charge in [0, 0.05) is 12.0 Å². The van der Waals surface area contributed by atoms with Gasteiger partial charge >= 0.3 is 0 Å². The number of Topliss-reactive ketones (excluding diaryl/α,β-unsaturated/α-hetero) is 1. The highest BCUT2D eigenvalue weighted by Gasteiger charge is 2.27. The Bertz CT molecular complexity index is 469. The summed E-state index contributed by atoms with van der Waals surface area (Å²) in [7, 11) is 0. The van der Waals surface area contributed by atoms with Crippen LogP contribution in [0.2, 0.25) is 0 Å². The SMILES string of the molecule is Cc1c(C)c(C)c2c(c1C)C(=O)CCC2C. The predicted molar refractivity (Wildman–Crippen MR) is 67.4 cm³/mol. The first-order chi connectivity index (χ1) is 7.45. The first-order valence-corrected chi connectivity index (χ1v) is 6.08. The second kappa shape index (κ2) is 3.73. The van der Waals surface area contributed by atoms with Crippen molar-refractivity contribution >= 4 is 5.78 Å². The van der Waals surface area contributed by atoms with Gasteiger partial charge < -0.3 is 0 Å². The highest BCUT2D eigenvalue weighted by molar-refractivity contribution is 6.01. The molecule has 0 aromatic heterocycles. The Morgan fingerprint density at radius 1 is 0.938 bits per heavy atom. The van der Waals surface area contributed by atoms with E-state index >= 15 is 0 Å². The van der Waals surface area contributed by atoms with Crippen molar-refractivity contribution in [1.29, 1.82) is 0 Å². The minimum absolute atomic E-state index is 0.344. The Morgan fingerprint density at radius 2 is 1.50 bits per heavy atom. The molecule has 0 bridgehead atoms. The van der Waals surface area contributed by atoms with Gasteiger partial charge in [0.2, 0.25) is 0 Å². The molecule has 16 heavy (non-hydrogen) atoms. The van der Waals surface area contributed by atoms with Crippen molar-refractivity contribution in [3.63, 3.8) is 0 Å². The molecule has 1 aromatic rings. The first kappa shape index (κ1) is 11.4. The molecule has 2 rings (SSSR count). The molecule has 0 N–H and O–H groups in total. The van der Waals surface area contributed by atoms with Crippen molar-refractivity contribution in [2.24, 2.45) is 0 Å². The Balaban J connectivity index is 2.84. The van der Waals surface area contributed by atoms with E-state index in [1.807, 2.05) is 0 Å². The molecule has 1 nitrogen and oxygen atoms in total. The van der Waals surface area contributed by atoms with E-state index < -0.39 is 0 Å². The molecule has 0 radical (unpaired) electrons. The lowest BCUT2D eigenvalue weighted by atomic mass is 9.76. The summed E-state index contributed by atoms with van der Waals surface area (Å²) in [6, 6.07) is 0. The Labute approximate surface area is 97.9 Å². The first-order valence-electron chi connectivity index (χ1n) is 6.08. The van der Waals surface area contributed by atoms with Gasteiger partial charge in [0.1, 0.15) is 0 Å². The van der Waals surface area contributed by atoms with Crippen LogP contribution in [0.15, 0.2) is 0 Å². The van der Waals surface area contributed by atoms with E-state index in [-0.39, 0.29) is 0 Å². The van der Waals surface area contributed by atoms with Crippen molar-refractivity contribution in [3.8, 4) is 0 Å². The van der Waals surface area contributed by atoms with Crippen molar-refractivity contribution in [3.05, 3.63) is 33.4 Å². The summed E-state index contributed by atoms with van der Waals surface area (Å²) in [6.07, 6.45) is 1.73. The van der Waals surface area contributed by atoms with E-state index in [0.29, 0.717) is 11.7 Å². The molecule has 0 aliphatic heterocycles. The van der Waals surface area contributed by atoms with Gasteiger partial charge in [-0.05, 0) is 67.9 Å². The van der Waals surface area contributed by atoms with E-state index in [1.54, 1.807) is 0 Å². The van der Waals surface area contributed by atoms with Crippen LogP contribution < -0.4 is 0 Å². The summed E-state index contributed by atoms with van der Waals surface area (Å²) in [6.45, 7) is 10.8. The molecule has 86 valence electrons. The van der Waals surface area contributed by atoms with Crippen LogP contribution in [0, 0.1) is 27.7 Å². The van der Waals surface area contributed by atoms with E-state index in [2.05, 4.69) is 34.6 Å². The average molecular weight is 216 g/mol. The summed E-state index contributed by atoms with van der Waals surface area (Å²) < 4.78 is 0. The van der Waals surface area contributed by atoms with E-state index in [1.165, 1.54) is 27.8 Å². The lowest BCUT2D eigenvalue weighted by molar-refractivity contribution is 0.0967. The van der Waals surface area contributed by atoms with E-state index in [0.717, 1.165) is 18.4 Å². The quantitative estimate of drug-likeness (QED) is 0.640. The smallest absolute Gasteiger partial charge is 0.163 e. The number of fused-ring (bicyclic) bond motifs is 1. The fraction of sp³-hybridized carbons (Fsp3) is 0.533. The molecule has 0 spiro atoms. The number of benzene rings is 1. The topological polar surface area (TPSA) is 17.1 Å². The number of ketones is 1. The maximum absolute atomic E-state index is 12.1. The van der Waals surface area contributed by atoms with E-state index in [9.17, 15) is 4.79 Å². The molecule has 0 fully saturated rings. The number of carbonyl (C=O) groups is 1. The van der Waals surface area contributed by atoms with Crippen LogP contribution in [0.4, 0.5) is 0 Å². The summed E-state index contributed by atoms with van der Waals surface area (Å²) in [5, 5.41) is 0. The number of hydrogen-bond donors (Lipinski definition) is 0. The van der Waals surface area contributed by atoms with Gasteiger partial charge in [-0.2, -0.15) is 0 Å². The molecule has 0 heterocycles. The van der Waals surface area contributed by atoms with Crippen LogP contribution in [0.1, 0.15) is 63.9 Å². The van der Waals surface area contributed by atoms with Crippen LogP contribution in [0.3, 0.4) is 0 Å². The third-order valence-corrected chi connectivity index (χ3v) is 4.31. The molecule has 0 amide bonds. The third-order valence-electron chi connectivity index (χ3n) is 4.31. The zero-order chi connectivity index (χ0) is 12.0. The highest BCUT2D eigenvalue weighted by Crippen LogP contribution is 2.38. The molecule has 0 saturated heterocycles. The highest BCUT2D eigenvalue weighted by atomic mass is 16.1. The molecule has 1 heteroatoms. The lowest BCUT2D eigenvalue weighted by Gasteiger charge is -2.28. The van der Waals surface area contributed by atoms with Gasteiger partial charge in [-0.25, -0.2) is 0 Å². The zero-order valence-corrected chi connectivity index (χ0v) is 10.9. The number of rotatable bonds is 0. The second-order valence-electron chi connectivity index (χ2n) is 5.15. The number of hydrogen-bond acceptors (Lipinski definition) is 1. The molecular formula is C15H20O. The van der Waals surface area contributed by atoms with Crippen molar-refractivity contribution in [2.75, 3.05) is 0 Å². The third kappa shape index (κ3) is 1.41. The summed E-state index contributed by atoms with van der Waals surface area (Å²) in [5.74, 6) is 0.877.